The van der Waals surface area contributed by atoms with Gasteiger partial charge in [0.2, 0.25) is 5.28 Å². The first-order chi connectivity index (χ1) is 8.66. The molecule has 0 atom stereocenters. The zero-order valence-electron chi connectivity index (χ0n) is 9.87. The van der Waals surface area contributed by atoms with Gasteiger partial charge in [-0.2, -0.15) is 10.1 Å². The average molecular weight is 270 g/mol. The van der Waals surface area contributed by atoms with Gasteiger partial charge in [0.15, 0.2) is 11.6 Å². The number of aromatic amines is 1. The van der Waals surface area contributed by atoms with E-state index in [0.29, 0.717) is 6.54 Å². The minimum absolute atomic E-state index is 0.0320. The van der Waals surface area contributed by atoms with Crippen LogP contribution in [0, 0.1) is 12.7 Å². The van der Waals surface area contributed by atoms with Crippen molar-refractivity contribution in [1.82, 2.24) is 20.2 Å². The van der Waals surface area contributed by atoms with Crippen molar-refractivity contribution in [2.24, 2.45) is 0 Å². The molecule has 5 nitrogen and oxygen atoms in total. The number of H-pyrrole nitrogens is 1. The Labute approximate surface area is 109 Å². The lowest BCUT2D eigenvalue weighted by molar-refractivity contribution is 0.616. The SMILES string of the molecule is Cc1[nH]ncc1CCCNc1nc(Cl)ncc1F. The standard InChI is InChI=1S/C11H13ClFN5/c1-7-8(5-16-18-7)3-2-4-14-10-9(13)6-15-11(12)17-10/h5-6H,2-4H2,1H3,(H,16,18)(H,14,15,17). The van der Waals surface area contributed by atoms with Crippen LogP contribution in [0.5, 0.6) is 0 Å². The van der Waals surface area contributed by atoms with Gasteiger partial charge in [-0.05, 0) is 36.9 Å². The summed E-state index contributed by atoms with van der Waals surface area (Å²) in [6.45, 7) is 2.58. The zero-order chi connectivity index (χ0) is 13.0. The van der Waals surface area contributed by atoms with Crippen molar-refractivity contribution in [3.05, 3.63) is 34.8 Å². The van der Waals surface area contributed by atoms with Crippen LogP contribution in [0.3, 0.4) is 0 Å². The van der Waals surface area contributed by atoms with E-state index >= 15 is 0 Å². The van der Waals surface area contributed by atoms with Gasteiger partial charge in [-0.3, -0.25) is 5.10 Å². The fourth-order valence-corrected chi connectivity index (χ4v) is 1.72. The molecule has 0 aliphatic rings. The van der Waals surface area contributed by atoms with Gasteiger partial charge >= 0.3 is 0 Å². The number of hydrogen-bond donors (Lipinski definition) is 2. The Morgan fingerprint density at radius 1 is 1.44 bits per heavy atom. The van der Waals surface area contributed by atoms with Gasteiger partial charge in [0.25, 0.3) is 0 Å². The number of halogens is 2. The monoisotopic (exact) mass is 269 g/mol. The van der Waals surface area contributed by atoms with Crippen molar-refractivity contribution in [3.8, 4) is 0 Å². The average Bonchev–Trinajstić information content (AvgIpc) is 2.75. The minimum atomic E-state index is -0.501. The predicted molar refractivity (Wildman–Crippen MR) is 67.1 cm³/mol. The highest BCUT2D eigenvalue weighted by atomic mass is 35.5. The molecular formula is C11H13ClFN5. The molecule has 0 spiro atoms. The van der Waals surface area contributed by atoms with E-state index in [1.807, 2.05) is 6.92 Å². The third kappa shape index (κ3) is 3.16. The van der Waals surface area contributed by atoms with Crippen molar-refractivity contribution in [2.75, 3.05) is 11.9 Å². The molecule has 2 heterocycles. The summed E-state index contributed by atoms with van der Waals surface area (Å²) in [5.74, 6) is -0.363. The fourth-order valence-electron chi connectivity index (χ4n) is 1.58. The van der Waals surface area contributed by atoms with Crippen LogP contribution in [-0.2, 0) is 6.42 Å². The second-order valence-corrected chi connectivity index (χ2v) is 4.22. The Morgan fingerprint density at radius 3 is 3.00 bits per heavy atom. The summed E-state index contributed by atoms with van der Waals surface area (Å²) >= 11 is 5.59. The maximum Gasteiger partial charge on any atom is 0.224 e. The second kappa shape index (κ2) is 5.77. The van der Waals surface area contributed by atoms with Crippen LogP contribution in [-0.4, -0.2) is 26.7 Å². The van der Waals surface area contributed by atoms with Gasteiger partial charge in [-0.15, -0.1) is 0 Å². The van der Waals surface area contributed by atoms with Gasteiger partial charge in [-0.1, -0.05) is 0 Å². The number of nitrogens with zero attached hydrogens (tertiary/aromatic N) is 3. The summed E-state index contributed by atoms with van der Waals surface area (Å²) in [6.07, 6.45) is 4.58. The molecule has 18 heavy (non-hydrogen) atoms. The van der Waals surface area contributed by atoms with Crippen LogP contribution < -0.4 is 5.32 Å². The Balaban J connectivity index is 1.82. The number of hydrogen-bond acceptors (Lipinski definition) is 4. The molecule has 0 fully saturated rings. The van der Waals surface area contributed by atoms with Crippen LogP contribution in [0.25, 0.3) is 0 Å². The van der Waals surface area contributed by atoms with E-state index in [4.69, 9.17) is 11.6 Å². The molecule has 0 amide bonds. The lowest BCUT2D eigenvalue weighted by Gasteiger charge is -2.06. The highest BCUT2D eigenvalue weighted by Gasteiger charge is 2.05. The van der Waals surface area contributed by atoms with Crippen molar-refractivity contribution in [3.63, 3.8) is 0 Å². The fraction of sp³-hybridized carbons (Fsp3) is 0.364. The van der Waals surface area contributed by atoms with Crippen LogP contribution in [0.4, 0.5) is 10.2 Å². The van der Waals surface area contributed by atoms with E-state index in [1.165, 1.54) is 0 Å². The molecule has 0 saturated carbocycles. The number of aromatic nitrogens is 4. The summed E-state index contributed by atoms with van der Waals surface area (Å²) in [5.41, 5.74) is 2.23. The molecule has 2 aromatic heterocycles. The molecule has 96 valence electrons. The summed E-state index contributed by atoms with van der Waals surface area (Å²) in [4.78, 5) is 7.32. The Kier molecular flexibility index (Phi) is 4.09. The van der Waals surface area contributed by atoms with E-state index < -0.39 is 5.82 Å². The number of nitrogens with one attached hydrogen (secondary N) is 2. The normalized spacial score (nSPS) is 10.6. The van der Waals surface area contributed by atoms with Gasteiger partial charge < -0.3 is 5.32 Å². The number of rotatable bonds is 5. The zero-order valence-corrected chi connectivity index (χ0v) is 10.6. The molecular weight excluding hydrogens is 257 g/mol. The summed E-state index contributed by atoms with van der Waals surface area (Å²) in [6, 6.07) is 0. The molecule has 0 saturated heterocycles. The highest BCUT2D eigenvalue weighted by molar-refractivity contribution is 6.28. The summed E-state index contributed by atoms with van der Waals surface area (Å²) in [5, 5.41) is 9.74. The highest BCUT2D eigenvalue weighted by Crippen LogP contribution is 2.12. The van der Waals surface area contributed by atoms with E-state index in [-0.39, 0.29) is 11.1 Å². The third-order valence-corrected chi connectivity index (χ3v) is 2.75. The van der Waals surface area contributed by atoms with E-state index in [1.54, 1.807) is 6.20 Å². The van der Waals surface area contributed by atoms with Gasteiger partial charge in [0.1, 0.15) is 0 Å². The van der Waals surface area contributed by atoms with E-state index in [9.17, 15) is 4.39 Å². The summed E-state index contributed by atoms with van der Waals surface area (Å²) in [7, 11) is 0. The Morgan fingerprint density at radius 2 is 2.28 bits per heavy atom. The first-order valence-electron chi connectivity index (χ1n) is 5.57. The van der Waals surface area contributed by atoms with E-state index in [0.717, 1.165) is 30.3 Å². The molecule has 0 aromatic carbocycles. The molecule has 0 aliphatic heterocycles. The van der Waals surface area contributed by atoms with Crippen LogP contribution in [0.2, 0.25) is 5.28 Å². The lowest BCUT2D eigenvalue weighted by Crippen LogP contribution is -2.07. The predicted octanol–water partition coefficient (Wildman–Crippen LogP) is 2.35. The number of anilines is 1. The van der Waals surface area contributed by atoms with Gasteiger partial charge in [0.05, 0.1) is 12.4 Å². The molecule has 2 N–H and O–H groups in total. The molecule has 2 aromatic rings. The second-order valence-electron chi connectivity index (χ2n) is 3.89. The molecule has 2 rings (SSSR count). The molecule has 7 heteroatoms. The van der Waals surface area contributed by atoms with Gasteiger partial charge in [0, 0.05) is 12.2 Å². The third-order valence-electron chi connectivity index (χ3n) is 2.56. The quantitative estimate of drug-likeness (QED) is 0.646. The van der Waals surface area contributed by atoms with Gasteiger partial charge in [-0.25, -0.2) is 9.37 Å². The molecule has 0 radical (unpaired) electrons. The van der Waals surface area contributed by atoms with Crippen LogP contribution in [0.15, 0.2) is 12.4 Å². The maximum absolute atomic E-state index is 13.3. The topological polar surface area (TPSA) is 66.5 Å². The summed E-state index contributed by atoms with van der Waals surface area (Å²) < 4.78 is 13.3. The van der Waals surface area contributed by atoms with Crippen LogP contribution >= 0.6 is 11.6 Å². The first kappa shape index (κ1) is 12.8. The van der Waals surface area contributed by atoms with Crippen LogP contribution in [0.1, 0.15) is 17.7 Å². The Bertz CT molecular complexity index is 528. The van der Waals surface area contributed by atoms with Crippen molar-refractivity contribution < 1.29 is 4.39 Å². The molecule has 0 bridgehead atoms. The smallest absolute Gasteiger partial charge is 0.224 e. The molecule has 0 aliphatic carbocycles. The van der Waals surface area contributed by atoms with Crippen molar-refractivity contribution in [1.29, 1.82) is 0 Å². The Hall–Kier alpha value is -1.69. The largest absolute Gasteiger partial charge is 0.367 e. The maximum atomic E-state index is 13.3. The molecule has 0 unspecified atom stereocenters. The minimum Gasteiger partial charge on any atom is -0.367 e. The van der Waals surface area contributed by atoms with Crippen molar-refractivity contribution >= 4 is 17.4 Å². The number of aryl methyl sites for hydroxylation is 2. The first-order valence-corrected chi connectivity index (χ1v) is 5.95. The van der Waals surface area contributed by atoms with E-state index in [2.05, 4.69) is 25.5 Å². The lowest BCUT2D eigenvalue weighted by atomic mass is 10.1. The van der Waals surface area contributed by atoms with Crippen molar-refractivity contribution in [2.45, 2.75) is 19.8 Å².